The lowest BCUT2D eigenvalue weighted by Gasteiger charge is -2.04. The van der Waals surface area contributed by atoms with Crippen LogP contribution in [0.3, 0.4) is 0 Å². The van der Waals surface area contributed by atoms with Crippen molar-refractivity contribution in [1.82, 2.24) is 4.57 Å². The Morgan fingerprint density at radius 3 is 2.68 bits per heavy atom. The van der Waals surface area contributed by atoms with Crippen LogP contribution < -0.4 is 4.80 Å². The smallest absolute Gasteiger partial charge is 0.337 e. The van der Waals surface area contributed by atoms with E-state index in [1.165, 1.54) is 43.0 Å². The monoisotopic (exact) mass is 416 g/mol. The van der Waals surface area contributed by atoms with E-state index in [4.69, 9.17) is 9.47 Å². The van der Waals surface area contributed by atoms with Crippen molar-refractivity contribution in [3.05, 3.63) is 57.0 Å². The van der Waals surface area contributed by atoms with Crippen molar-refractivity contribution in [1.29, 1.82) is 0 Å². The first-order valence-corrected chi connectivity index (χ1v) is 9.80. The van der Waals surface area contributed by atoms with Crippen LogP contribution in [0.25, 0.3) is 16.3 Å². The Morgan fingerprint density at radius 2 is 2.00 bits per heavy atom. The Morgan fingerprint density at radius 1 is 1.18 bits per heavy atom. The number of hydrogen-bond donors (Lipinski definition) is 0. The Bertz CT molecular complexity index is 1120. The summed E-state index contributed by atoms with van der Waals surface area (Å²) in [5.41, 5.74) is 1.04. The molecule has 144 valence electrons. The van der Waals surface area contributed by atoms with Gasteiger partial charge in [0.25, 0.3) is 5.91 Å². The fourth-order valence-electron chi connectivity index (χ4n) is 2.42. The molecule has 2 aromatic heterocycles. The second-order valence-corrected chi connectivity index (χ2v) is 7.51. The third kappa shape index (κ3) is 4.44. The van der Waals surface area contributed by atoms with Gasteiger partial charge in [-0.2, -0.15) is 4.99 Å². The highest BCUT2D eigenvalue weighted by atomic mass is 32.1. The van der Waals surface area contributed by atoms with Crippen LogP contribution in [0.4, 0.5) is 0 Å². The third-order valence-electron chi connectivity index (χ3n) is 3.76. The van der Waals surface area contributed by atoms with Gasteiger partial charge in [0.15, 0.2) is 4.80 Å². The lowest BCUT2D eigenvalue weighted by Crippen LogP contribution is -2.22. The van der Waals surface area contributed by atoms with Crippen LogP contribution in [0.15, 0.2) is 46.8 Å². The number of esters is 2. The number of hydrogen-bond acceptors (Lipinski definition) is 7. The number of rotatable bonds is 5. The minimum atomic E-state index is -0.472. The predicted octanol–water partition coefficient (Wildman–Crippen LogP) is 2.86. The Hall–Kier alpha value is -3.04. The molecule has 3 aromatic rings. The Labute approximate surface area is 168 Å². The molecule has 0 unspecified atom stereocenters. The Kier molecular flexibility index (Phi) is 6.17. The average Bonchev–Trinajstić information content (AvgIpc) is 3.33. The highest BCUT2D eigenvalue weighted by Crippen LogP contribution is 2.20. The molecule has 3 rings (SSSR count). The van der Waals surface area contributed by atoms with E-state index in [2.05, 4.69) is 4.99 Å². The zero-order valence-corrected chi connectivity index (χ0v) is 16.7. The fourth-order valence-corrected chi connectivity index (χ4v) is 4.11. The number of carbonyl (C=O) groups excluding carboxylic acids is 3. The van der Waals surface area contributed by atoms with Gasteiger partial charge in [0.2, 0.25) is 0 Å². The summed E-state index contributed by atoms with van der Waals surface area (Å²) in [5.74, 6) is -1.39. The van der Waals surface area contributed by atoms with Gasteiger partial charge in [0, 0.05) is 11.0 Å². The summed E-state index contributed by atoms with van der Waals surface area (Å²) >= 11 is 2.71. The van der Waals surface area contributed by atoms with Gasteiger partial charge in [-0.25, -0.2) is 4.79 Å². The van der Waals surface area contributed by atoms with Crippen LogP contribution in [0.2, 0.25) is 0 Å². The molecule has 0 N–H and O–H groups in total. The van der Waals surface area contributed by atoms with E-state index in [1.54, 1.807) is 28.8 Å². The van der Waals surface area contributed by atoms with Gasteiger partial charge in [0.05, 0.1) is 30.0 Å². The zero-order valence-electron chi connectivity index (χ0n) is 15.1. The summed E-state index contributed by atoms with van der Waals surface area (Å²) in [6.07, 6.45) is 3.06. The van der Waals surface area contributed by atoms with Gasteiger partial charge in [-0.3, -0.25) is 9.59 Å². The molecule has 0 aliphatic rings. The van der Waals surface area contributed by atoms with Crippen LogP contribution in [0, 0.1) is 0 Å². The normalized spacial score (nSPS) is 11.9. The predicted molar refractivity (Wildman–Crippen MR) is 107 cm³/mol. The van der Waals surface area contributed by atoms with Crippen molar-refractivity contribution < 1.29 is 23.9 Å². The van der Waals surface area contributed by atoms with Gasteiger partial charge < -0.3 is 14.0 Å². The highest BCUT2D eigenvalue weighted by molar-refractivity contribution is 7.16. The number of ether oxygens (including phenoxy) is 2. The maximum absolute atomic E-state index is 12.3. The topological polar surface area (TPSA) is 87.0 Å². The summed E-state index contributed by atoms with van der Waals surface area (Å²) < 4.78 is 11.8. The first kappa shape index (κ1) is 19.7. The molecule has 0 saturated heterocycles. The number of thiazole rings is 1. The number of fused-ring (bicyclic) bond motifs is 1. The van der Waals surface area contributed by atoms with Gasteiger partial charge in [-0.05, 0) is 35.7 Å². The minimum Gasteiger partial charge on any atom is -0.468 e. The quantitative estimate of drug-likeness (QED) is 0.472. The fraction of sp³-hybridized carbons (Fsp3) is 0.158. The number of benzene rings is 1. The molecular weight excluding hydrogens is 400 g/mol. The van der Waals surface area contributed by atoms with Crippen molar-refractivity contribution in [3.8, 4) is 0 Å². The molecule has 2 heterocycles. The summed E-state index contributed by atoms with van der Waals surface area (Å²) in [7, 11) is 2.59. The van der Waals surface area contributed by atoms with Gasteiger partial charge in [-0.15, -0.1) is 11.3 Å². The third-order valence-corrected chi connectivity index (χ3v) is 5.64. The number of amides is 1. The van der Waals surface area contributed by atoms with Crippen LogP contribution in [0.5, 0.6) is 0 Å². The summed E-state index contributed by atoms with van der Waals surface area (Å²) in [6, 6.07) is 8.70. The van der Waals surface area contributed by atoms with Crippen LogP contribution >= 0.6 is 22.7 Å². The van der Waals surface area contributed by atoms with Gasteiger partial charge >= 0.3 is 11.9 Å². The van der Waals surface area contributed by atoms with Crippen molar-refractivity contribution in [2.75, 3.05) is 14.2 Å². The average molecular weight is 416 g/mol. The van der Waals surface area contributed by atoms with Crippen molar-refractivity contribution in [3.63, 3.8) is 0 Å². The number of nitrogens with zero attached hydrogens (tertiary/aromatic N) is 2. The van der Waals surface area contributed by atoms with Crippen molar-refractivity contribution in [2.24, 2.45) is 4.99 Å². The van der Waals surface area contributed by atoms with Crippen LogP contribution in [-0.4, -0.2) is 36.6 Å². The molecule has 0 atom stereocenters. The maximum Gasteiger partial charge on any atom is 0.337 e. The maximum atomic E-state index is 12.3. The molecule has 0 bridgehead atoms. The Balaban J connectivity index is 2.05. The van der Waals surface area contributed by atoms with Crippen molar-refractivity contribution in [2.45, 2.75) is 6.54 Å². The van der Waals surface area contributed by atoms with Crippen LogP contribution in [-0.2, 0) is 25.6 Å². The molecule has 7 nitrogen and oxygen atoms in total. The van der Waals surface area contributed by atoms with E-state index in [9.17, 15) is 14.4 Å². The molecule has 28 heavy (non-hydrogen) atoms. The van der Waals surface area contributed by atoms with E-state index in [0.717, 1.165) is 4.88 Å². The molecule has 0 spiro atoms. The van der Waals surface area contributed by atoms with Crippen molar-refractivity contribution >= 4 is 56.8 Å². The van der Waals surface area contributed by atoms with E-state index >= 15 is 0 Å². The second-order valence-electron chi connectivity index (χ2n) is 5.52. The molecule has 0 saturated carbocycles. The molecule has 1 aromatic carbocycles. The number of methoxy groups -OCH3 is 2. The van der Waals surface area contributed by atoms with E-state index in [-0.39, 0.29) is 6.54 Å². The SMILES string of the molecule is COC(=O)Cn1c(=NC(=O)C=Cc2cccs2)sc2cc(C(=O)OC)ccc21. The van der Waals surface area contributed by atoms with Gasteiger partial charge in [0.1, 0.15) is 6.54 Å². The highest BCUT2D eigenvalue weighted by Gasteiger charge is 2.14. The van der Waals surface area contributed by atoms with Gasteiger partial charge in [-0.1, -0.05) is 17.4 Å². The number of thiophene rings is 1. The molecule has 0 radical (unpaired) electrons. The number of carbonyl (C=O) groups is 3. The first-order valence-electron chi connectivity index (χ1n) is 8.10. The summed E-state index contributed by atoms with van der Waals surface area (Å²) in [6.45, 7) is -0.102. The molecule has 0 aliphatic heterocycles. The first-order chi connectivity index (χ1) is 13.5. The number of aromatic nitrogens is 1. The lowest BCUT2D eigenvalue weighted by molar-refractivity contribution is -0.141. The van der Waals surface area contributed by atoms with E-state index in [1.807, 2.05) is 17.5 Å². The molecule has 0 aliphatic carbocycles. The summed E-state index contributed by atoms with van der Waals surface area (Å²) in [4.78, 5) is 41.2. The lowest BCUT2D eigenvalue weighted by atomic mass is 10.2. The molecular formula is C19H16N2O5S2. The van der Waals surface area contributed by atoms with Crippen LogP contribution in [0.1, 0.15) is 15.2 Å². The molecule has 9 heteroatoms. The molecule has 1 amide bonds. The zero-order chi connectivity index (χ0) is 20.1. The summed E-state index contributed by atoms with van der Waals surface area (Å²) in [5, 5.41) is 1.91. The van der Waals surface area contributed by atoms with E-state index < -0.39 is 17.8 Å². The standard InChI is InChI=1S/C19H16N2O5S2/c1-25-17(23)11-21-14-7-5-12(18(24)26-2)10-15(14)28-19(21)20-16(22)8-6-13-4-3-9-27-13/h3-10H,11H2,1-2H3. The minimum absolute atomic E-state index is 0.102. The molecule has 0 fully saturated rings. The van der Waals surface area contributed by atoms with E-state index in [0.29, 0.717) is 20.6 Å². The largest absolute Gasteiger partial charge is 0.468 e. The second kappa shape index (κ2) is 8.77.